The molecule has 0 radical (unpaired) electrons. The van der Waals surface area contributed by atoms with Crippen molar-refractivity contribution in [2.75, 3.05) is 19.6 Å². The lowest BCUT2D eigenvalue weighted by atomic mass is 9.77. The van der Waals surface area contributed by atoms with E-state index in [2.05, 4.69) is 5.32 Å². The summed E-state index contributed by atoms with van der Waals surface area (Å²) in [6.07, 6.45) is 5.95. The molecular weight excluding hydrogens is 264 g/mol. The smallest absolute Gasteiger partial charge is 0.246 e. The second kappa shape index (κ2) is 5.72. The molecule has 0 saturated carbocycles. The quantitative estimate of drug-likeness (QED) is 0.842. The molecule has 1 aromatic carbocycles. The van der Waals surface area contributed by atoms with Crippen molar-refractivity contribution in [1.82, 2.24) is 10.2 Å². The van der Waals surface area contributed by atoms with Gasteiger partial charge in [0.05, 0.1) is 0 Å². The topological polar surface area (TPSA) is 49.4 Å². The van der Waals surface area contributed by atoms with Gasteiger partial charge >= 0.3 is 0 Å². The van der Waals surface area contributed by atoms with Crippen LogP contribution >= 0.6 is 0 Å². The Kier molecular flexibility index (Phi) is 3.78. The molecule has 110 valence electrons. The SMILES string of the molecule is O=C1CC2(CCN(C(=O)C=Cc3ccccc3)CC2)CN1. The molecular formula is C17H20N2O2. The van der Waals surface area contributed by atoms with Crippen molar-refractivity contribution in [2.24, 2.45) is 5.41 Å². The Morgan fingerprint density at radius 2 is 1.90 bits per heavy atom. The maximum absolute atomic E-state index is 12.2. The summed E-state index contributed by atoms with van der Waals surface area (Å²) in [6.45, 7) is 2.26. The molecule has 21 heavy (non-hydrogen) atoms. The van der Waals surface area contributed by atoms with Crippen LogP contribution in [0.2, 0.25) is 0 Å². The van der Waals surface area contributed by atoms with Gasteiger partial charge < -0.3 is 10.2 Å². The van der Waals surface area contributed by atoms with E-state index in [-0.39, 0.29) is 17.2 Å². The summed E-state index contributed by atoms with van der Waals surface area (Å²) < 4.78 is 0. The van der Waals surface area contributed by atoms with Gasteiger partial charge in [-0.25, -0.2) is 0 Å². The highest BCUT2D eigenvalue weighted by atomic mass is 16.2. The van der Waals surface area contributed by atoms with Crippen molar-refractivity contribution >= 4 is 17.9 Å². The number of benzene rings is 1. The van der Waals surface area contributed by atoms with E-state index in [1.165, 1.54) is 0 Å². The number of piperidine rings is 1. The van der Waals surface area contributed by atoms with Crippen molar-refractivity contribution in [3.8, 4) is 0 Å². The Labute approximate surface area is 124 Å². The lowest BCUT2D eigenvalue weighted by Gasteiger charge is -2.37. The molecule has 3 rings (SSSR count). The third kappa shape index (κ3) is 3.15. The Hall–Kier alpha value is -2.10. The van der Waals surface area contributed by atoms with Crippen molar-refractivity contribution in [3.63, 3.8) is 0 Å². The number of rotatable bonds is 2. The van der Waals surface area contributed by atoms with Gasteiger partial charge in [-0.1, -0.05) is 30.3 Å². The number of nitrogens with zero attached hydrogens (tertiary/aromatic N) is 1. The molecule has 1 N–H and O–H groups in total. The lowest BCUT2D eigenvalue weighted by molar-refractivity contribution is -0.128. The molecule has 1 spiro atoms. The number of carbonyl (C=O) groups is 2. The van der Waals surface area contributed by atoms with Crippen LogP contribution in [0.4, 0.5) is 0 Å². The zero-order valence-corrected chi connectivity index (χ0v) is 12.0. The largest absolute Gasteiger partial charge is 0.356 e. The van der Waals surface area contributed by atoms with E-state index in [1.54, 1.807) is 6.08 Å². The summed E-state index contributed by atoms with van der Waals surface area (Å²) >= 11 is 0. The predicted molar refractivity (Wildman–Crippen MR) is 81.3 cm³/mol. The summed E-state index contributed by atoms with van der Waals surface area (Å²) in [5.41, 5.74) is 1.13. The molecule has 2 fully saturated rings. The molecule has 1 aromatic rings. The van der Waals surface area contributed by atoms with E-state index < -0.39 is 0 Å². The van der Waals surface area contributed by atoms with Crippen LogP contribution in [0.3, 0.4) is 0 Å². The minimum absolute atomic E-state index is 0.0611. The molecule has 4 nitrogen and oxygen atoms in total. The Bertz CT molecular complexity index is 557. The van der Waals surface area contributed by atoms with Gasteiger partial charge in [0, 0.05) is 32.1 Å². The van der Waals surface area contributed by atoms with E-state index in [0.717, 1.165) is 38.0 Å². The summed E-state index contributed by atoms with van der Waals surface area (Å²) in [7, 11) is 0. The van der Waals surface area contributed by atoms with E-state index in [4.69, 9.17) is 0 Å². The molecule has 0 bridgehead atoms. The van der Waals surface area contributed by atoms with Crippen LogP contribution in [0.1, 0.15) is 24.8 Å². The van der Waals surface area contributed by atoms with Gasteiger partial charge in [-0.2, -0.15) is 0 Å². The molecule has 0 atom stereocenters. The standard InChI is InChI=1S/C17H20N2O2/c20-15-12-17(13-18-15)8-10-19(11-9-17)16(21)7-6-14-4-2-1-3-5-14/h1-7H,8-13H2,(H,18,20). The Balaban J connectivity index is 1.56. The molecule has 2 aliphatic rings. The zero-order chi connectivity index (χ0) is 14.7. The Morgan fingerprint density at radius 3 is 2.52 bits per heavy atom. The minimum atomic E-state index is 0.0611. The van der Waals surface area contributed by atoms with E-state index in [9.17, 15) is 9.59 Å². The maximum atomic E-state index is 12.2. The molecule has 0 unspecified atom stereocenters. The molecule has 2 heterocycles. The van der Waals surface area contributed by atoms with Crippen molar-refractivity contribution in [3.05, 3.63) is 42.0 Å². The monoisotopic (exact) mass is 284 g/mol. The van der Waals surface area contributed by atoms with Crippen LogP contribution in [0.5, 0.6) is 0 Å². The first kappa shape index (κ1) is 13.9. The number of hydrogen-bond donors (Lipinski definition) is 1. The van der Waals surface area contributed by atoms with Gasteiger partial charge in [-0.15, -0.1) is 0 Å². The lowest BCUT2D eigenvalue weighted by Crippen LogP contribution is -2.43. The van der Waals surface area contributed by atoms with E-state index in [0.29, 0.717) is 6.42 Å². The molecule has 2 saturated heterocycles. The van der Waals surface area contributed by atoms with Crippen LogP contribution < -0.4 is 5.32 Å². The van der Waals surface area contributed by atoms with Gasteiger partial charge in [0.25, 0.3) is 0 Å². The highest BCUT2D eigenvalue weighted by molar-refractivity contribution is 5.91. The molecule has 2 aliphatic heterocycles. The van der Waals surface area contributed by atoms with Crippen LogP contribution in [-0.4, -0.2) is 36.3 Å². The van der Waals surface area contributed by atoms with Gasteiger partial charge in [-0.3, -0.25) is 9.59 Å². The number of likely N-dealkylation sites (tertiary alicyclic amines) is 1. The van der Waals surface area contributed by atoms with Crippen LogP contribution in [0.25, 0.3) is 6.08 Å². The fourth-order valence-electron chi connectivity index (χ4n) is 3.14. The Morgan fingerprint density at radius 1 is 1.19 bits per heavy atom. The first-order valence-corrected chi connectivity index (χ1v) is 7.46. The predicted octanol–water partition coefficient (Wildman–Crippen LogP) is 1.83. The fourth-order valence-corrected chi connectivity index (χ4v) is 3.14. The van der Waals surface area contributed by atoms with E-state index in [1.807, 2.05) is 41.3 Å². The number of carbonyl (C=O) groups excluding carboxylic acids is 2. The zero-order valence-electron chi connectivity index (χ0n) is 12.0. The number of amides is 2. The van der Waals surface area contributed by atoms with Gasteiger partial charge in [0.1, 0.15) is 0 Å². The molecule has 4 heteroatoms. The fraction of sp³-hybridized carbons (Fsp3) is 0.412. The summed E-state index contributed by atoms with van der Waals surface area (Å²) in [6, 6.07) is 9.83. The summed E-state index contributed by atoms with van der Waals surface area (Å²) in [5, 5.41) is 2.91. The van der Waals surface area contributed by atoms with E-state index >= 15 is 0 Å². The van der Waals surface area contributed by atoms with Crippen LogP contribution in [0.15, 0.2) is 36.4 Å². The normalized spacial score (nSPS) is 21.0. The molecule has 0 aliphatic carbocycles. The highest BCUT2D eigenvalue weighted by Gasteiger charge is 2.41. The van der Waals surface area contributed by atoms with Crippen LogP contribution in [-0.2, 0) is 9.59 Å². The highest BCUT2D eigenvalue weighted by Crippen LogP contribution is 2.37. The first-order chi connectivity index (χ1) is 10.2. The second-order valence-electron chi connectivity index (χ2n) is 6.02. The van der Waals surface area contributed by atoms with Gasteiger partial charge in [-0.05, 0) is 29.9 Å². The maximum Gasteiger partial charge on any atom is 0.246 e. The first-order valence-electron chi connectivity index (χ1n) is 7.46. The average Bonchev–Trinajstić information content (AvgIpc) is 2.87. The number of hydrogen-bond acceptors (Lipinski definition) is 2. The van der Waals surface area contributed by atoms with Gasteiger partial charge in [0.15, 0.2) is 0 Å². The second-order valence-corrected chi connectivity index (χ2v) is 6.02. The third-order valence-electron chi connectivity index (χ3n) is 4.55. The van der Waals surface area contributed by atoms with Crippen LogP contribution in [0, 0.1) is 5.41 Å². The van der Waals surface area contributed by atoms with Crippen molar-refractivity contribution in [1.29, 1.82) is 0 Å². The van der Waals surface area contributed by atoms with Gasteiger partial charge in [0.2, 0.25) is 11.8 Å². The summed E-state index contributed by atoms with van der Waals surface area (Å²) in [5.74, 6) is 0.213. The number of nitrogens with one attached hydrogen (secondary N) is 1. The van der Waals surface area contributed by atoms with Crippen molar-refractivity contribution in [2.45, 2.75) is 19.3 Å². The average molecular weight is 284 g/mol. The minimum Gasteiger partial charge on any atom is -0.356 e. The summed E-state index contributed by atoms with van der Waals surface area (Å²) in [4.78, 5) is 25.5. The molecule has 0 aromatic heterocycles. The molecule has 2 amide bonds. The van der Waals surface area contributed by atoms with Crippen molar-refractivity contribution < 1.29 is 9.59 Å². The third-order valence-corrected chi connectivity index (χ3v) is 4.55.